The summed E-state index contributed by atoms with van der Waals surface area (Å²) in [5.74, 6) is -0.893. The number of halogens is 1. The molecule has 0 aliphatic heterocycles. The highest BCUT2D eigenvalue weighted by Crippen LogP contribution is 2.31. The lowest BCUT2D eigenvalue weighted by atomic mass is 9.93. The van der Waals surface area contributed by atoms with Gasteiger partial charge in [0.05, 0.1) is 18.4 Å². The second-order valence-corrected chi connectivity index (χ2v) is 5.79. The molecule has 118 valence electrons. The number of benzene rings is 1. The zero-order chi connectivity index (χ0) is 16.3. The van der Waals surface area contributed by atoms with Crippen molar-refractivity contribution in [3.05, 3.63) is 82.2 Å². The van der Waals surface area contributed by atoms with E-state index in [-0.39, 0.29) is 12.1 Å². The van der Waals surface area contributed by atoms with Gasteiger partial charge in [-0.3, -0.25) is 4.79 Å². The number of rotatable bonds is 5. The van der Waals surface area contributed by atoms with Gasteiger partial charge < -0.3 is 14.8 Å². The minimum Gasteiger partial charge on any atom is -0.466 e. The van der Waals surface area contributed by atoms with Gasteiger partial charge in [-0.1, -0.05) is 12.1 Å². The number of amides is 1. The van der Waals surface area contributed by atoms with Gasteiger partial charge in [-0.05, 0) is 41.1 Å². The van der Waals surface area contributed by atoms with Gasteiger partial charge in [-0.25, -0.2) is 4.39 Å². The van der Waals surface area contributed by atoms with Crippen molar-refractivity contribution in [2.75, 3.05) is 6.54 Å². The minimum absolute atomic E-state index is 0.0698. The number of carbonyl (C=O) groups is 1. The second-order valence-electron chi connectivity index (χ2n) is 5.01. The lowest BCUT2D eigenvalue weighted by Crippen LogP contribution is -2.41. The van der Waals surface area contributed by atoms with Crippen molar-refractivity contribution in [2.45, 2.75) is 5.60 Å². The van der Waals surface area contributed by atoms with Crippen LogP contribution in [-0.4, -0.2) is 17.6 Å². The van der Waals surface area contributed by atoms with E-state index in [0.29, 0.717) is 11.3 Å². The van der Waals surface area contributed by atoms with Crippen LogP contribution in [0.5, 0.6) is 0 Å². The molecule has 2 heterocycles. The predicted octanol–water partition coefficient (Wildman–Crippen LogP) is 3.15. The molecule has 3 aromatic rings. The van der Waals surface area contributed by atoms with Gasteiger partial charge in [0.15, 0.2) is 5.60 Å². The third-order valence-corrected chi connectivity index (χ3v) is 4.23. The normalized spacial score (nSPS) is 13.5. The average molecular weight is 331 g/mol. The predicted molar refractivity (Wildman–Crippen MR) is 84.8 cm³/mol. The number of aliphatic hydroxyl groups is 1. The largest absolute Gasteiger partial charge is 0.466 e. The summed E-state index contributed by atoms with van der Waals surface area (Å²) in [6.45, 7) is -0.135. The first-order chi connectivity index (χ1) is 11.1. The minimum atomic E-state index is -1.51. The van der Waals surface area contributed by atoms with Crippen LogP contribution in [0.3, 0.4) is 0 Å². The highest BCUT2D eigenvalue weighted by Gasteiger charge is 2.35. The molecule has 1 atom stereocenters. The maximum absolute atomic E-state index is 13.7. The fourth-order valence-corrected chi connectivity index (χ4v) is 3.02. The van der Waals surface area contributed by atoms with Crippen molar-refractivity contribution in [1.82, 2.24) is 5.32 Å². The summed E-state index contributed by atoms with van der Waals surface area (Å²) in [4.78, 5) is 12.2. The van der Waals surface area contributed by atoms with Gasteiger partial charge in [0.2, 0.25) is 0 Å². The maximum Gasteiger partial charge on any atom is 0.254 e. The van der Waals surface area contributed by atoms with Gasteiger partial charge in [0.25, 0.3) is 5.91 Å². The summed E-state index contributed by atoms with van der Waals surface area (Å²) in [6.07, 6.45) is 1.45. The molecular formula is C17H14FNO3S. The van der Waals surface area contributed by atoms with Gasteiger partial charge in [-0.2, -0.15) is 11.3 Å². The molecule has 0 aliphatic carbocycles. The summed E-state index contributed by atoms with van der Waals surface area (Å²) < 4.78 is 19.0. The molecule has 2 aromatic heterocycles. The molecule has 0 saturated carbocycles. The highest BCUT2D eigenvalue weighted by atomic mass is 32.1. The van der Waals surface area contributed by atoms with Crippen molar-refractivity contribution >= 4 is 17.2 Å². The van der Waals surface area contributed by atoms with Crippen molar-refractivity contribution in [3.8, 4) is 0 Å². The summed E-state index contributed by atoms with van der Waals surface area (Å²) in [6, 6.07) is 10.7. The Morgan fingerprint density at radius 2 is 2.09 bits per heavy atom. The lowest BCUT2D eigenvalue weighted by molar-refractivity contribution is 0.0527. The fourth-order valence-electron chi connectivity index (χ4n) is 2.29. The Labute approximate surface area is 136 Å². The van der Waals surface area contributed by atoms with Crippen LogP contribution in [0.15, 0.2) is 63.9 Å². The van der Waals surface area contributed by atoms with E-state index in [0.717, 1.165) is 0 Å². The smallest absolute Gasteiger partial charge is 0.254 e. The van der Waals surface area contributed by atoms with E-state index in [1.54, 1.807) is 29.6 Å². The zero-order valence-electron chi connectivity index (χ0n) is 12.0. The van der Waals surface area contributed by atoms with E-state index in [1.807, 2.05) is 5.38 Å². The van der Waals surface area contributed by atoms with Crippen LogP contribution < -0.4 is 5.32 Å². The number of furan rings is 1. The Morgan fingerprint density at radius 1 is 1.26 bits per heavy atom. The fraction of sp³-hybridized carbons (Fsp3) is 0.118. The van der Waals surface area contributed by atoms with Crippen molar-refractivity contribution in [1.29, 1.82) is 0 Å². The molecule has 23 heavy (non-hydrogen) atoms. The zero-order valence-corrected chi connectivity index (χ0v) is 12.8. The second kappa shape index (κ2) is 6.36. The Balaban J connectivity index is 1.84. The Bertz CT molecular complexity index is 750. The third kappa shape index (κ3) is 3.04. The van der Waals surface area contributed by atoms with Crippen LogP contribution in [0.4, 0.5) is 4.39 Å². The average Bonchev–Trinajstić information content (AvgIpc) is 3.25. The van der Waals surface area contributed by atoms with E-state index >= 15 is 0 Å². The summed E-state index contributed by atoms with van der Waals surface area (Å²) in [5.41, 5.74) is -0.976. The molecule has 0 fully saturated rings. The van der Waals surface area contributed by atoms with Crippen molar-refractivity contribution in [3.63, 3.8) is 0 Å². The van der Waals surface area contributed by atoms with Crippen LogP contribution >= 0.6 is 11.3 Å². The molecule has 6 heteroatoms. The number of nitrogens with one attached hydrogen (secondary N) is 1. The van der Waals surface area contributed by atoms with Gasteiger partial charge >= 0.3 is 0 Å². The molecule has 4 nitrogen and oxygen atoms in total. The van der Waals surface area contributed by atoms with E-state index in [9.17, 15) is 14.3 Å². The van der Waals surface area contributed by atoms with Crippen molar-refractivity contribution in [2.24, 2.45) is 0 Å². The van der Waals surface area contributed by atoms with Gasteiger partial charge in [-0.15, -0.1) is 0 Å². The van der Waals surface area contributed by atoms with Gasteiger partial charge in [0, 0.05) is 5.56 Å². The van der Waals surface area contributed by atoms with Gasteiger partial charge in [0.1, 0.15) is 11.6 Å². The molecular weight excluding hydrogens is 317 g/mol. The SMILES string of the molecule is O=C(NC[C@](O)(c1ccsc1)c1ccco1)c1ccccc1F. The molecule has 0 spiro atoms. The maximum atomic E-state index is 13.7. The van der Waals surface area contributed by atoms with E-state index < -0.39 is 17.3 Å². The topological polar surface area (TPSA) is 62.5 Å². The molecule has 0 bridgehead atoms. The molecule has 0 saturated heterocycles. The van der Waals surface area contributed by atoms with E-state index in [1.165, 1.54) is 35.8 Å². The van der Waals surface area contributed by atoms with Crippen molar-refractivity contribution < 1.29 is 18.7 Å². The first-order valence-electron chi connectivity index (χ1n) is 6.93. The van der Waals surface area contributed by atoms with Crippen LogP contribution in [0.1, 0.15) is 21.7 Å². The highest BCUT2D eigenvalue weighted by molar-refractivity contribution is 7.08. The van der Waals surface area contributed by atoms with Crippen LogP contribution in [-0.2, 0) is 5.60 Å². The third-order valence-electron chi connectivity index (χ3n) is 3.55. The Hall–Kier alpha value is -2.44. The Morgan fingerprint density at radius 3 is 2.74 bits per heavy atom. The molecule has 0 unspecified atom stereocenters. The summed E-state index contributed by atoms with van der Waals surface area (Å²) in [5, 5.41) is 17.2. The van der Waals surface area contributed by atoms with E-state index in [2.05, 4.69) is 5.32 Å². The van der Waals surface area contributed by atoms with Crippen LogP contribution in [0.25, 0.3) is 0 Å². The first-order valence-corrected chi connectivity index (χ1v) is 7.87. The number of hydrogen-bond donors (Lipinski definition) is 2. The number of thiophene rings is 1. The molecule has 1 amide bonds. The molecule has 0 aliphatic rings. The van der Waals surface area contributed by atoms with Crippen LogP contribution in [0, 0.1) is 5.82 Å². The Kier molecular flexibility index (Phi) is 4.27. The monoisotopic (exact) mass is 331 g/mol. The molecule has 1 aromatic carbocycles. The van der Waals surface area contributed by atoms with Crippen LogP contribution in [0.2, 0.25) is 0 Å². The molecule has 2 N–H and O–H groups in total. The molecule has 0 radical (unpaired) electrons. The summed E-state index contributed by atoms with van der Waals surface area (Å²) >= 11 is 1.42. The quantitative estimate of drug-likeness (QED) is 0.755. The standard InChI is InChI=1S/C17H14FNO3S/c18-14-5-2-1-4-13(14)16(20)19-11-17(21,12-7-9-23-10-12)15-6-3-8-22-15/h1-10,21H,11H2,(H,19,20)/t17-/m0/s1. The first kappa shape index (κ1) is 15.5. The lowest BCUT2D eigenvalue weighted by Gasteiger charge is -2.25. The summed E-state index contributed by atoms with van der Waals surface area (Å²) in [7, 11) is 0. The number of carbonyl (C=O) groups excluding carboxylic acids is 1. The number of hydrogen-bond acceptors (Lipinski definition) is 4. The molecule has 3 rings (SSSR count). The van der Waals surface area contributed by atoms with E-state index in [4.69, 9.17) is 4.42 Å².